The van der Waals surface area contributed by atoms with Crippen molar-refractivity contribution in [3.63, 3.8) is 0 Å². The van der Waals surface area contributed by atoms with Crippen LogP contribution in [0.25, 0.3) is 0 Å². The van der Waals surface area contributed by atoms with Crippen LogP contribution in [0.15, 0.2) is 22.7 Å². The van der Waals surface area contributed by atoms with Crippen LogP contribution in [0.2, 0.25) is 0 Å². The molecule has 2 rings (SSSR count). The monoisotopic (exact) mass is 329 g/mol. The third-order valence-electron chi connectivity index (χ3n) is 3.81. The van der Waals surface area contributed by atoms with Gasteiger partial charge in [0.2, 0.25) is 0 Å². The number of carboxylic acids is 1. The van der Waals surface area contributed by atoms with Crippen molar-refractivity contribution in [1.82, 2.24) is 4.90 Å². The molecule has 1 heterocycles. The van der Waals surface area contributed by atoms with Crippen LogP contribution in [-0.2, 0) is 11.3 Å². The molecule has 0 saturated carbocycles. The number of piperidine rings is 1. The lowest BCUT2D eigenvalue weighted by atomic mass is 9.90. The summed E-state index contributed by atoms with van der Waals surface area (Å²) in [6.45, 7) is 3.50. The van der Waals surface area contributed by atoms with Gasteiger partial charge in [0.1, 0.15) is 5.82 Å². The zero-order valence-corrected chi connectivity index (χ0v) is 12.4. The quantitative estimate of drug-likeness (QED) is 0.925. The number of halogens is 2. The molecule has 1 aromatic rings. The molecular weight excluding hydrogens is 313 g/mol. The minimum Gasteiger partial charge on any atom is -0.481 e. The second-order valence-electron chi connectivity index (χ2n) is 5.05. The lowest BCUT2D eigenvalue weighted by molar-refractivity contribution is -0.145. The van der Waals surface area contributed by atoms with Crippen LogP contribution in [0.1, 0.15) is 25.3 Å². The highest BCUT2D eigenvalue weighted by molar-refractivity contribution is 9.10. The van der Waals surface area contributed by atoms with Gasteiger partial charge in [-0.2, -0.15) is 0 Å². The average molecular weight is 330 g/mol. The molecule has 0 amide bonds. The van der Waals surface area contributed by atoms with E-state index < -0.39 is 5.97 Å². The molecule has 5 heteroatoms. The Labute approximate surface area is 120 Å². The fraction of sp³-hybridized carbons (Fsp3) is 0.500. The van der Waals surface area contributed by atoms with Gasteiger partial charge >= 0.3 is 5.97 Å². The van der Waals surface area contributed by atoms with Gasteiger partial charge in [-0.1, -0.05) is 6.07 Å². The summed E-state index contributed by atoms with van der Waals surface area (Å²) in [6.07, 6.45) is 1.63. The van der Waals surface area contributed by atoms with Crippen molar-refractivity contribution in [3.05, 3.63) is 34.1 Å². The Balaban J connectivity index is 2.09. The molecule has 0 bridgehead atoms. The van der Waals surface area contributed by atoms with Gasteiger partial charge in [-0.05, 0) is 59.9 Å². The van der Waals surface area contributed by atoms with E-state index >= 15 is 0 Å². The largest absolute Gasteiger partial charge is 0.481 e. The van der Waals surface area contributed by atoms with Crippen LogP contribution < -0.4 is 0 Å². The van der Waals surface area contributed by atoms with Gasteiger partial charge in [-0.15, -0.1) is 0 Å². The Morgan fingerprint density at radius 1 is 1.58 bits per heavy atom. The zero-order valence-electron chi connectivity index (χ0n) is 10.8. The van der Waals surface area contributed by atoms with E-state index in [1.165, 1.54) is 6.07 Å². The topological polar surface area (TPSA) is 40.5 Å². The standard InChI is InChI=1S/C14H17BrFNO2/c1-9-11(14(18)19)3-2-6-17(9)8-10-4-5-13(16)12(15)7-10/h4-5,7,9,11H,2-3,6,8H2,1H3,(H,18,19)/t9-,11-/m1/s1. The van der Waals surface area contributed by atoms with Gasteiger partial charge in [-0.3, -0.25) is 9.69 Å². The lowest BCUT2D eigenvalue weighted by Gasteiger charge is -2.37. The third-order valence-corrected chi connectivity index (χ3v) is 4.41. The maximum atomic E-state index is 13.2. The highest BCUT2D eigenvalue weighted by atomic mass is 79.9. The zero-order chi connectivity index (χ0) is 14.0. The number of hydrogen-bond acceptors (Lipinski definition) is 2. The number of likely N-dealkylation sites (tertiary alicyclic amines) is 1. The summed E-state index contributed by atoms with van der Waals surface area (Å²) in [5.74, 6) is -1.31. The molecule has 19 heavy (non-hydrogen) atoms. The first kappa shape index (κ1) is 14.5. The minimum absolute atomic E-state index is 0.00933. The van der Waals surface area contributed by atoms with E-state index in [9.17, 15) is 14.3 Å². The van der Waals surface area contributed by atoms with E-state index in [-0.39, 0.29) is 17.8 Å². The summed E-state index contributed by atoms with van der Waals surface area (Å²) in [4.78, 5) is 13.3. The average Bonchev–Trinajstić information content (AvgIpc) is 2.36. The third kappa shape index (κ3) is 3.34. The summed E-state index contributed by atoms with van der Waals surface area (Å²) < 4.78 is 13.6. The molecule has 1 fully saturated rings. The molecule has 1 aliphatic rings. The van der Waals surface area contributed by atoms with Crippen molar-refractivity contribution in [2.75, 3.05) is 6.54 Å². The molecule has 2 atom stereocenters. The molecule has 0 aromatic heterocycles. The Morgan fingerprint density at radius 2 is 2.32 bits per heavy atom. The summed E-state index contributed by atoms with van der Waals surface area (Å²) in [7, 11) is 0. The van der Waals surface area contributed by atoms with Gasteiger partial charge in [0.15, 0.2) is 0 Å². The van der Waals surface area contributed by atoms with Crippen LogP contribution in [0.5, 0.6) is 0 Å². The maximum absolute atomic E-state index is 13.2. The van der Waals surface area contributed by atoms with Crippen LogP contribution in [0, 0.1) is 11.7 Å². The Kier molecular flexibility index (Phi) is 4.58. The van der Waals surface area contributed by atoms with E-state index in [0.717, 1.165) is 24.9 Å². The SMILES string of the molecule is C[C@@H]1[C@H](C(=O)O)CCCN1Cc1ccc(F)c(Br)c1. The molecule has 0 spiro atoms. The van der Waals surface area contributed by atoms with Crippen molar-refractivity contribution in [2.24, 2.45) is 5.92 Å². The summed E-state index contributed by atoms with van der Waals surface area (Å²) >= 11 is 3.17. The number of hydrogen-bond donors (Lipinski definition) is 1. The van der Waals surface area contributed by atoms with Gasteiger partial charge < -0.3 is 5.11 Å². The van der Waals surface area contributed by atoms with Crippen LogP contribution >= 0.6 is 15.9 Å². The van der Waals surface area contributed by atoms with Crippen LogP contribution in [-0.4, -0.2) is 28.6 Å². The smallest absolute Gasteiger partial charge is 0.308 e. The minimum atomic E-state index is -0.725. The fourth-order valence-electron chi connectivity index (χ4n) is 2.64. The first-order chi connectivity index (χ1) is 8.99. The Morgan fingerprint density at radius 3 is 2.95 bits per heavy atom. The highest BCUT2D eigenvalue weighted by Crippen LogP contribution is 2.26. The first-order valence-electron chi connectivity index (χ1n) is 6.40. The van der Waals surface area contributed by atoms with Crippen LogP contribution in [0.4, 0.5) is 4.39 Å². The second-order valence-corrected chi connectivity index (χ2v) is 5.90. The molecule has 1 aliphatic heterocycles. The first-order valence-corrected chi connectivity index (χ1v) is 7.19. The van der Waals surface area contributed by atoms with Crippen molar-refractivity contribution in [2.45, 2.75) is 32.4 Å². The van der Waals surface area contributed by atoms with E-state index in [2.05, 4.69) is 20.8 Å². The van der Waals surface area contributed by atoms with E-state index in [0.29, 0.717) is 11.0 Å². The Bertz CT molecular complexity index is 481. The van der Waals surface area contributed by atoms with E-state index in [1.807, 2.05) is 6.92 Å². The predicted octanol–water partition coefficient (Wildman–Crippen LogP) is 3.27. The maximum Gasteiger partial charge on any atom is 0.308 e. The summed E-state index contributed by atoms with van der Waals surface area (Å²) in [5, 5.41) is 9.19. The lowest BCUT2D eigenvalue weighted by Crippen LogP contribution is -2.45. The predicted molar refractivity (Wildman–Crippen MR) is 74.3 cm³/mol. The number of rotatable bonds is 3. The number of carbonyl (C=O) groups is 1. The van der Waals surface area contributed by atoms with Crippen molar-refractivity contribution < 1.29 is 14.3 Å². The molecular formula is C14H17BrFNO2. The van der Waals surface area contributed by atoms with Gasteiger partial charge in [0.05, 0.1) is 10.4 Å². The molecule has 104 valence electrons. The number of benzene rings is 1. The van der Waals surface area contributed by atoms with Crippen molar-refractivity contribution >= 4 is 21.9 Å². The molecule has 1 saturated heterocycles. The van der Waals surface area contributed by atoms with Gasteiger partial charge in [0.25, 0.3) is 0 Å². The van der Waals surface area contributed by atoms with E-state index in [4.69, 9.17) is 0 Å². The van der Waals surface area contributed by atoms with Gasteiger partial charge in [0, 0.05) is 12.6 Å². The number of nitrogens with zero attached hydrogens (tertiary/aromatic N) is 1. The second kappa shape index (κ2) is 6.01. The molecule has 3 nitrogen and oxygen atoms in total. The molecule has 1 aromatic carbocycles. The van der Waals surface area contributed by atoms with E-state index in [1.54, 1.807) is 12.1 Å². The fourth-order valence-corrected chi connectivity index (χ4v) is 3.07. The van der Waals surface area contributed by atoms with Gasteiger partial charge in [-0.25, -0.2) is 4.39 Å². The summed E-state index contributed by atoms with van der Waals surface area (Å²) in [6, 6.07) is 4.95. The molecule has 0 aliphatic carbocycles. The number of carboxylic acid groups (broad SMARTS) is 1. The normalized spacial score (nSPS) is 24.4. The van der Waals surface area contributed by atoms with Crippen molar-refractivity contribution in [1.29, 1.82) is 0 Å². The molecule has 0 radical (unpaired) electrons. The molecule has 1 N–H and O–H groups in total. The van der Waals surface area contributed by atoms with Crippen LogP contribution in [0.3, 0.4) is 0 Å². The molecule has 0 unspecified atom stereocenters. The highest BCUT2D eigenvalue weighted by Gasteiger charge is 2.32. The van der Waals surface area contributed by atoms with Crippen molar-refractivity contribution in [3.8, 4) is 0 Å². The number of aliphatic carboxylic acids is 1. The summed E-state index contributed by atoms with van der Waals surface area (Å²) in [5.41, 5.74) is 0.992. The Hall–Kier alpha value is -0.940.